The average molecular weight is 339 g/mol. The Morgan fingerprint density at radius 3 is 2.35 bits per heavy atom. The predicted molar refractivity (Wildman–Crippen MR) is 85.4 cm³/mol. The average Bonchev–Trinajstić information content (AvgIpc) is 2.79. The molecule has 1 aliphatic heterocycles. The molecule has 1 fully saturated rings. The summed E-state index contributed by atoms with van der Waals surface area (Å²) in [5.74, 6) is -2.79. The highest BCUT2D eigenvalue weighted by atomic mass is 35.5. The zero-order valence-electron chi connectivity index (χ0n) is 12.9. The van der Waals surface area contributed by atoms with Gasteiger partial charge in [0.2, 0.25) is 5.91 Å². The number of carboxylic acid groups (broad SMARTS) is 1. The number of nitrogens with zero attached hydrogens (tertiary/aromatic N) is 2. The van der Waals surface area contributed by atoms with Crippen molar-refractivity contribution in [3.63, 3.8) is 0 Å². The predicted octanol–water partition coefficient (Wildman–Crippen LogP) is 1.74. The molecule has 1 unspecified atom stereocenters. The van der Waals surface area contributed by atoms with E-state index in [1.807, 2.05) is 0 Å². The summed E-state index contributed by atoms with van der Waals surface area (Å²) in [5.41, 5.74) is 0.438. The maximum absolute atomic E-state index is 12.5. The topological polar surface area (TPSA) is 77.9 Å². The van der Waals surface area contributed by atoms with Gasteiger partial charge in [-0.1, -0.05) is 23.7 Å². The summed E-state index contributed by atoms with van der Waals surface area (Å²) in [6.45, 7) is 3.02. The zero-order valence-corrected chi connectivity index (χ0v) is 13.6. The van der Waals surface area contributed by atoms with E-state index >= 15 is 0 Å². The third-order valence-corrected chi connectivity index (χ3v) is 4.27. The molecule has 0 spiro atoms. The van der Waals surface area contributed by atoms with Crippen molar-refractivity contribution in [1.29, 1.82) is 0 Å². The Morgan fingerprint density at radius 2 is 1.70 bits per heavy atom. The lowest BCUT2D eigenvalue weighted by molar-refractivity contribution is -0.150. The van der Waals surface area contributed by atoms with Gasteiger partial charge in [-0.2, -0.15) is 0 Å². The number of rotatable bonds is 3. The van der Waals surface area contributed by atoms with Crippen LogP contribution in [-0.2, 0) is 9.59 Å². The standard InChI is InChI=1S/C16H19ClN2O4/c1-11(16(22)23)14(20)18-7-4-8-19(10-9-18)15(21)12-5-2-3-6-13(12)17/h2-3,5-6,11H,4,7-10H2,1H3,(H,22,23). The van der Waals surface area contributed by atoms with Gasteiger partial charge in [0.15, 0.2) is 0 Å². The summed E-state index contributed by atoms with van der Waals surface area (Å²) in [7, 11) is 0. The molecule has 1 aliphatic rings. The van der Waals surface area contributed by atoms with Crippen LogP contribution in [0.2, 0.25) is 5.02 Å². The molecule has 1 atom stereocenters. The van der Waals surface area contributed by atoms with Crippen molar-refractivity contribution in [2.24, 2.45) is 5.92 Å². The smallest absolute Gasteiger partial charge is 0.315 e. The zero-order chi connectivity index (χ0) is 17.0. The van der Waals surface area contributed by atoms with Crippen LogP contribution in [0.15, 0.2) is 24.3 Å². The summed E-state index contributed by atoms with van der Waals surface area (Å²) in [4.78, 5) is 38.8. The Kier molecular flexibility index (Phi) is 5.60. The highest BCUT2D eigenvalue weighted by Crippen LogP contribution is 2.18. The number of carbonyl (C=O) groups is 3. The summed E-state index contributed by atoms with van der Waals surface area (Å²) < 4.78 is 0. The first kappa shape index (κ1) is 17.3. The maximum Gasteiger partial charge on any atom is 0.315 e. The normalized spacial score (nSPS) is 16.6. The number of amides is 2. The third-order valence-electron chi connectivity index (χ3n) is 3.94. The molecule has 124 valence electrons. The fourth-order valence-electron chi connectivity index (χ4n) is 2.53. The molecular weight excluding hydrogens is 320 g/mol. The number of hydrogen-bond acceptors (Lipinski definition) is 3. The first-order chi connectivity index (χ1) is 10.9. The monoisotopic (exact) mass is 338 g/mol. The molecule has 1 N–H and O–H groups in total. The molecule has 0 radical (unpaired) electrons. The van der Waals surface area contributed by atoms with Gasteiger partial charge >= 0.3 is 5.97 Å². The summed E-state index contributed by atoms with van der Waals surface area (Å²) in [6.07, 6.45) is 0.605. The minimum absolute atomic E-state index is 0.170. The van der Waals surface area contributed by atoms with Crippen molar-refractivity contribution in [3.05, 3.63) is 34.9 Å². The van der Waals surface area contributed by atoms with Crippen LogP contribution in [0.25, 0.3) is 0 Å². The van der Waals surface area contributed by atoms with Gasteiger partial charge in [-0.25, -0.2) is 0 Å². The first-order valence-corrected chi connectivity index (χ1v) is 7.85. The van der Waals surface area contributed by atoms with Gasteiger partial charge in [-0.3, -0.25) is 14.4 Å². The molecule has 0 bridgehead atoms. The maximum atomic E-state index is 12.5. The number of carboxylic acids is 1. The van der Waals surface area contributed by atoms with Crippen molar-refractivity contribution < 1.29 is 19.5 Å². The SMILES string of the molecule is CC(C(=O)O)C(=O)N1CCCN(C(=O)c2ccccc2Cl)CC1. The van der Waals surface area contributed by atoms with Crippen molar-refractivity contribution in [2.75, 3.05) is 26.2 Å². The lowest BCUT2D eigenvalue weighted by Crippen LogP contribution is -2.41. The highest BCUT2D eigenvalue weighted by molar-refractivity contribution is 6.33. The highest BCUT2D eigenvalue weighted by Gasteiger charge is 2.29. The van der Waals surface area contributed by atoms with Gasteiger partial charge in [-0.15, -0.1) is 0 Å². The Labute approximate surface area is 139 Å². The van der Waals surface area contributed by atoms with Gasteiger partial charge in [0, 0.05) is 26.2 Å². The van der Waals surface area contributed by atoms with Gasteiger partial charge in [0.05, 0.1) is 10.6 Å². The molecule has 2 amide bonds. The Balaban J connectivity index is 2.04. The number of carbonyl (C=O) groups excluding carboxylic acids is 2. The number of hydrogen-bond donors (Lipinski definition) is 1. The Hall–Kier alpha value is -2.08. The van der Waals surface area contributed by atoms with E-state index in [4.69, 9.17) is 16.7 Å². The molecule has 7 heteroatoms. The fraction of sp³-hybridized carbons (Fsp3) is 0.438. The number of halogens is 1. The van der Waals surface area contributed by atoms with E-state index in [0.29, 0.717) is 43.2 Å². The van der Waals surface area contributed by atoms with Crippen LogP contribution in [-0.4, -0.2) is 58.9 Å². The lowest BCUT2D eigenvalue weighted by Gasteiger charge is -2.23. The molecule has 1 saturated heterocycles. The van der Waals surface area contributed by atoms with Crippen LogP contribution in [0.5, 0.6) is 0 Å². The van der Waals surface area contributed by atoms with Crippen molar-refractivity contribution in [2.45, 2.75) is 13.3 Å². The number of aliphatic carboxylic acids is 1. The van der Waals surface area contributed by atoms with Gasteiger partial charge in [0.25, 0.3) is 5.91 Å². The fourth-order valence-corrected chi connectivity index (χ4v) is 2.74. The Morgan fingerprint density at radius 1 is 1.09 bits per heavy atom. The van der Waals surface area contributed by atoms with E-state index in [0.717, 1.165) is 0 Å². The summed E-state index contributed by atoms with van der Waals surface area (Å²) in [5, 5.41) is 9.34. The number of benzene rings is 1. The van der Waals surface area contributed by atoms with Crippen LogP contribution in [0.1, 0.15) is 23.7 Å². The molecule has 1 aromatic rings. The van der Waals surface area contributed by atoms with Gasteiger partial charge in [0.1, 0.15) is 5.92 Å². The minimum Gasteiger partial charge on any atom is -0.481 e. The van der Waals surface area contributed by atoms with Gasteiger partial charge in [-0.05, 0) is 25.5 Å². The van der Waals surface area contributed by atoms with E-state index < -0.39 is 17.8 Å². The van der Waals surface area contributed by atoms with Crippen molar-refractivity contribution >= 4 is 29.4 Å². The van der Waals surface area contributed by atoms with Gasteiger partial charge < -0.3 is 14.9 Å². The molecule has 1 aromatic carbocycles. The second kappa shape index (κ2) is 7.46. The minimum atomic E-state index is -1.14. The van der Waals surface area contributed by atoms with E-state index in [2.05, 4.69) is 0 Å². The second-order valence-corrected chi connectivity index (χ2v) is 5.92. The van der Waals surface area contributed by atoms with Crippen LogP contribution in [0.4, 0.5) is 0 Å². The van der Waals surface area contributed by atoms with Crippen LogP contribution in [0.3, 0.4) is 0 Å². The third kappa shape index (κ3) is 4.01. The molecular formula is C16H19ClN2O4. The van der Waals surface area contributed by atoms with E-state index in [9.17, 15) is 14.4 Å². The van der Waals surface area contributed by atoms with Crippen LogP contribution >= 0.6 is 11.6 Å². The largest absolute Gasteiger partial charge is 0.481 e. The van der Waals surface area contributed by atoms with Crippen molar-refractivity contribution in [3.8, 4) is 0 Å². The Bertz CT molecular complexity index is 620. The summed E-state index contributed by atoms with van der Waals surface area (Å²) in [6, 6.07) is 6.85. The molecule has 1 heterocycles. The first-order valence-electron chi connectivity index (χ1n) is 7.47. The molecule has 2 rings (SSSR count). The van der Waals surface area contributed by atoms with Crippen LogP contribution < -0.4 is 0 Å². The molecule has 6 nitrogen and oxygen atoms in total. The summed E-state index contributed by atoms with van der Waals surface area (Å²) >= 11 is 6.06. The van der Waals surface area contributed by atoms with E-state index in [-0.39, 0.29) is 5.91 Å². The van der Waals surface area contributed by atoms with Crippen LogP contribution in [0, 0.1) is 5.92 Å². The van der Waals surface area contributed by atoms with E-state index in [1.165, 1.54) is 11.8 Å². The quantitative estimate of drug-likeness (QED) is 0.851. The molecule has 0 saturated carbocycles. The van der Waals surface area contributed by atoms with E-state index in [1.54, 1.807) is 29.2 Å². The second-order valence-electron chi connectivity index (χ2n) is 5.51. The molecule has 0 aromatic heterocycles. The molecule has 0 aliphatic carbocycles. The lowest BCUT2D eigenvalue weighted by atomic mass is 10.1. The van der Waals surface area contributed by atoms with Crippen molar-refractivity contribution in [1.82, 2.24) is 9.80 Å². The molecule has 23 heavy (non-hydrogen) atoms.